The quantitative estimate of drug-likeness (QED) is 0.873. The summed E-state index contributed by atoms with van der Waals surface area (Å²) in [6.45, 7) is 6.64. The van der Waals surface area contributed by atoms with E-state index >= 15 is 0 Å². The highest BCUT2D eigenvalue weighted by Gasteiger charge is 2.30. The summed E-state index contributed by atoms with van der Waals surface area (Å²) in [6.07, 6.45) is 0.755. The van der Waals surface area contributed by atoms with Crippen LogP contribution in [0.4, 0.5) is 4.79 Å². The van der Waals surface area contributed by atoms with E-state index in [4.69, 9.17) is 4.74 Å². The predicted molar refractivity (Wildman–Crippen MR) is 92.2 cm³/mol. The van der Waals surface area contributed by atoms with E-state index in [0.717, 1.165) is 16.5 Å². The zero-order valence-corrected chi connectivity index (χ0v) is 15.4. The molecule has 2 amide bonds. The molecule has 1 aromatic carbocycles. The minimum Gasteiger partial charge on any atom is -0.444 e. The fourth-order valence-electron chi connectivity index (χ4n) is 2.46. The summed E-state index contributed by atoms with van der Waals surface area (Å²) in [5.74, 6) is -0.0343. The number of benzene rings is 1. The molecule has 1 heterocycles. The number of amides is 2. The van der Waals surface area contributed by atoms with E-state index in [0.29, 0.717) is 19.5 Å². The topological polar surface area (TPSA) is 58.6 Å². The number of hydrogen-bond donors (Lipinski definition) is 1. The van der Waals surface area contributed by atoms with Crippen LogP contribution in [-0.4, -0.2) is 41.6 Å². The van der Waals surface area contributed by atoms with Crippen molar-refractivity contribution in [2.75, 3.05) is 13.1 Å². The summed E-state index contributed by atoms with van der Waals surface area (Å²) in [5, 5.41) is 2.99. The first-order valence-electron chi connectivity index (χ1n) is 7.75. The molecule has 1 atom stereocenters. The molecule has 0 radical (unpaired) electrons. The van der Waals surface area contributed by atoms with Gasteiger partial charge in [-0.15, -0.1) is 0 Å². The summed E-state index contributed by atoms with van der Waals surface area (Å²) >= 11 is 3.44. The number of nitrogens with zero attached hydrogens (tertiary/aromatic N) is 1. The van der Waals surface area contributed by atoms with Crippen molar-refractivity contribution in [1.29, 1.82) is 0 Å². The maximum absolute atomic E-state index is 12.2. The average molecular weight is 383 g/mol. The fourth-order valence-corrected chi connectivity index (χ4v) is 2.89. The van der Waals surface area contributed by atoms with Gasteiger partial charge < -0.3 is 15.0 Å². The Kier molecular flexibility index (Phi) is 5.68. The number of carbonyl (C=O) groups excluding carboxylic acids is 2. The maximum atomic E-state index is 12.2. The molecule has 5 nitrogen and oxygen atoms in total. The third-order valence-electron chi connectivity index (χ3n) is 3.51. The second kappa shape index (κ2) is 7.34. The molecule has 1 aliphatic heterocycles. The largest absolute Gasteiger partial charge is 0.444 e. The van der Waals surface area contributed by atoms with Crippen LogP contribution in [0.3, 0.4) is 0 Å². The van der Waals surface area contributed by atoms with Gasteiger partial charge in [-0.25, -0.2) is 4.79 Å². The minimum absolute atomic E-state index is 0.0162. The van der Waals surface area contributed by atoms with Crippen LogP contribution in [0, 0.1) is 0 Å². The van der Waals surface area contributed by atoms with Gasteiger partial charge in [0.2, 0.25) is 5.91 Å². The van der Waals surface area contributed by atoms with Crippen LogP contribution in [0.2, 0.25) is 0 Å². The molecule has 0 bridgehead atoms. The van der Waals surface area contributed by atoms with Crippen molar-refractivity contribution in [1.82, 2.24) is 10.2 Å². The van der Waals surface area contributed by atoms with Gasteiger partial charge in [0.05, 0.1) is 6.42 Å². The van der Waals surface area contributed by atoms with Crippen molar-refractivity contribution < 1.29 is 14.3 Å². The molecule has 1 N–H and O–H groups in total. The Morgan fingerprint density at radius 1 is 1.35 bits per heavy atom. The van der Waals surface area contributed by atoms with Gasteiger partial charge in [0, 0.05) is 23.6 Å². The van der Waals surface area contributed by atoms with E-state index in [1.807, 2.05) is 45.0 Å². The van der Waals surface area contributed by atoms with Gasteiger partial charge in [-0.05, 0) is 38.8 Å². The van der Waals surface area contributed by atoms with Crippen LogP contribution in [-0.2, 0) is 16.0 Å². The van der Waals surface area contributed by atoms with Crippen molar-refractivity contribution in [2.24, 2.45) is 0 Å². The lowest BCUT2D eigenvalue weighted by Gasteiger charge is -2.24. The van der Waals surface area contributed by atoms with Gasteiger partial charge in [-0.2, -0.15) is 0 Å². The third kappa shape index (κ3) is 5.53. The van der Waals surface area contributed by atoms with E-state index in [9.17, 15) is 9.59 Å². The summed E-state index contributed by atoms with van der Waals surface area (Å²) in [6, 6.07) is 7.65. The molecule has 2 rings (SSSR count). The molecule has 1 saturated heterocycles. The SMILES string of the molecule is CC(C)(C)OC(=O)N1CC[C@H](NC(=O)Cc2ccccc2Br)C1. The van der Waals surface area contributed by atoms with Gasteiger partial charge in [0.1, 0.15) is 5.60 Å². The Hall–Kier alpha value is -1.56. The average Bonchev–Trinajstić information content (AvgIpc) is 2.88. The first-order valence-corrected chi connectivity index (χ1v) is 8.54. The molecule has 0 saturated carbocycles. The number of likely N-dealkylation sites (tertiary alicyclic amines) is 1. The number of rotatable bonds is 3. The summed E-state index contributed by atoms with van der Waals surface area (Å²) in [4.78, 5) is 25.8. The Bertz CT molecular complexity index is 583. The van der Waals surface area contributed by atoms with Crippen LogP contribution in [0.25, 0.3) is 0 Å². The molecule has 0 aliphatic carbocycles. The van der Waals surface area contributed by atoms with Crippen molar-refractivity contribution in [3.8, 4) is 0 Å². The van der Waals surface area contributed by atoms with Crippen molar-refractivity contribution in [3.63, 3.8) is 0 Å². The van der Waals surface area contributed by atoms with Crippen LogP contribution >= 0.6 is 15.9 Å². The summed E-state index contributed by atoms with van der Waals surface area (Å²) < 4.78 is 6.28. The Labute approximate surface area is 145 Å². The Morgan fingerprint density at radius 2 is 2.04 bits per heavy atom. The van der Waals surface area contributed by atoms with E-state index < -0.39 is 5.60 Å². The highest BCUT2D eigenvalue weighted by Crippen LogP contribution is 2.18. The molecule has 0 unspecified atom stereocenters. The van der Waals surface area contributed by atoms with Crippen molar-refractivity contribution >= 4 is 27.9 Å². The maximum Gasteiger partial charge on any atom is 0.410 e. The standard InChI is InChI=1S/C17H23BrN2O3/c1-17(2,3)23-16(22)20-9-8-13(11-20)19-15(21)10-12-6-4-5-7-14(12)18/h4-7,13H,8-11H2,1-3H3,(H,19,21)/t13-/m0/s1. The highest BCUT2D eigenvalue weighted by atomic mass is 79.9. The number of ether oxygens (including phenoxy) is 1. The van der Waals surface area contributed by atoms with Gasteiger partial charge >= 0.3 is 6.09 Å². The normalized spacial score (nSPS) is 17.9. The number of halogens is 1. The molecule has 126 valence electrons. The smallest absolute Gasteiger partial charge is 0.410 e. The van der Waals surface area contributed by atoms with E-state index in [-0.39, 0.29) is 18.0 Å². The van der Waals surface area contributed by atoms with Crippen LogP contribution in [0.1, 0.15) is 32.8 Å². The minimum atomic E-state index is -0.502. The summed E-state index contributed by atoms with van der Waals surface area (Å²) in [7, 11) is 0. The lowest BCUT2D eigenvalue weighted by Crippen LogP contribution is -2.40. The second-order valence-corrected chi connectivity index (χ2v) is 7.60. The molecule has 6 heteroatoms. The number of hydrogen-bond acceptors (Lipinski definition) is 3. The van der Waals surface area contributed by atoms with Crippen molar-refractivity contribution in [2.45, 2.75) is 45.3 Å². The molecule has 0 aromatic heterocycles. The molecular weight excluding hydrogens is 360 g/mol. The molecular formula is C17H23BrN2O3. The molecule has 0 spiro atoms. The molecule has 1 aromatic rings. The van der Waals surface area contributed by atoms with E-state index in [1.165, 1.54) is 0 Å². The Morgan fingerprint density at radius 3 is 2.70 bits per heavy atom. The lowest BCUT2D eigenvalue weighted by molar-refractivity contribution is -0.121. The van der Waals surface area contributed by atoms with Gasteiger partial charge in [-0.1, -0.05) is 34.1 Å². The van der Waals surface area contributed by atoms with E-state index in [1.54, 1.807) is 4.90 Å². The zero-order chi connectivity index (χ0) is 17.0. The molecule has 1 fully saturated rings. The molecule has 1 aliphatic rings. The first kappa shape index (κ1) is 17.8. The van der Waals surface area contributed by atoms with Gasteiger partial charge in [-0.3, -0.25) is 4.79 Å². The van der Waals surface area contributed by atoms with Crippen LogP contribution in [0.15, 0.2) is 28.7 Å². The van der Waals surface area contributed by atoms with Crippen LogP contribution < -0.4 is 5.32 Å². The zero-order valence-electron chi connectivity index (χ0n) is 13.8. The van der Waals surface area contributed by atoms with Crippen molar-refractivity contribution in [3.05, 3.63) is 34.3 Å². The predicted octanol–water partition coefficient (Wildman–Crippen LogP) is 3.12. The highest BCUT2D eigenvalue weighted by molar-refractivity contribution is 9.10. The molecule has 23 heavy (non-hydrogen) atoms. The summed E-state index contributed by atoms with van der Waals surface area (Å²) in [5.41, 5.74) is 0.449. The second-order valence-electron chi connectivity index (χ2n) is 6.75. The number of carbonyl (C=O) groups is 2. The first-order chi connectivity index (χ1) is 10.7. The monoisotopic (exact) mass is 382 g/mol. The third-order valence-corrected chi connectivity index (χ3v) is 4.29. The Balaban J connectivity index is 1.82. The number of nitrogens with one attached hydrogen (secondary N) is 1. The van der Waals surface area contributed by atoms with E-state index in [2.05, 4.69) is 21.2 Å². The van der Waals surface area contributed by atoms with Gasteiger partial charge in [0.15, 0.2) is 0 Å². The lowest BCUT2D eigenvalue weighted by atomic mass is 10.1. The van der Waals surface area contributed by atoms with Crippen LogP contribution in [0.5, 0.6) is 0 Å². The fraction of sp³-hybridized carbons (Fsp3) is 0.529. The van der Waals surface area contributed by atoms with Gasteiger partial charge in [0.25, 0.3) is 0 Å².